The number of ether oxygens (including phenoxy) is 2. The lowest BCUT2D eigenvalue weighted by Crippen LogP contribution is -2.51. The number of aliphatic imine (C=N–C) groups is 1. The molecule has 8 nitrogen and oxygen atoms in total. The van der Waals surface area contributed by atoms with E-state index in [4.69, 9.17) is 10.5 Å². The minimum atomic E-state index is -3.53. The first kappa shape index (κ1) is 19.4. The van der Waals surface area contributed by atoms with Gasteiger partial charge in [0.15, 0.2) is 12.1 Å². The van der Waals surface area contributed by atoms with Crippen molar-refractivity contribution in [2.45, 2.75) is 18.4 Å². The molecule has 1 amide bonds. The summed E-state index contributed by atoms with van der Waals surface area (Å²) in [6, 6.07) is 2.77. The molecule has 11 heteroatoms. The third-order valence-corrected chi connectivity index (χ3v) is 4.27. The van der Waals surface area contributed by atoms with E-state index >= 15 is 0 Å². The molecule has 0 spiro atoms. The first-order valence-corrected chi connectivity index (χ1v) is 7.99. The second kappa shape index (κ2) is 6.98. The number of nitrogens with one attached hydrogen (secondary N) is 1. The molecule has 0 aliphatic carbocycles. The van der Waals surface area contributed by atoms with Crippen LogP contribution in [-0.4, -0.2) is 41.5 Å². The van der Waals surface area contributed by atoms with E-state index in [1.54, 1.807) is 0 Å². The van der Waals surface area contributed by atoms with Crippen LogP contribution >= 0.6 is 0 Å². The highest BCUT2D eigenvalue weighted by atomic mass is 19.3. The Kier molecular flexibility index (Phi) is 4.84. The number of amides is 1. The van der Waals surface area contributed by atoms with E-state index < -0.39 is 41.4 Å². The Morgan fingerprint density at radius 2 is 2.07 bits per heavy atom. The highest BCUT2D eigenvalue weighted by Crippen LogP contribution is 2.44. The van der Waals surface area contributed by atoms with Crippen LogP contribution in [0.15, 0.2) is 35.6 Å². The summed E-state index contributed by atoms with van der Waals surface area (Å²) < 4.78 is 52.7. The van der Waals surface area contributed by atoms with Crippen LogP contribution in [0.1, 0.15) is 23.0 Å². The maximum Gasteiger partial charge on any atom is 0.310 e. The predicted octanol–water partition coefficient (Wildman–Crippen LogP) is 2.07. The molecule has 1 aromatic heterocycles. The maximum absolute atomic E-state index is 14.5. The van der Waals surface area contributed by atoms with Crippen molar-refractivity contribution in [3.8, 4) is 5.88 Å². The monoisotopic (exact) mass is 395 g/mol. The van der Waals surface area contributed by atoms with Crippen LogP contribution in [0.2, 0.25) is 0 Å². The van der Waals surface area contributed by atoms with Crippen LogP contribution in [0.25, 0.3) is 0 Å². The Balaban J connectivity index is 1.93. The lowest BCUT2D eigenvalue weighted by atomic mass is 9.85. The molecule has 0 unspecified atom stereocenters. The highest BCUT2D eigenvalue weighted by Gasteiger charge is 2.56. The summed E-state index contributed by atoms with van der Waals surface area (Å²) in [5, 5.41) is 2.45. The third-order valence-electron chi connectivity index (χ3n) is 4.27. The van der Waals surface area contributed by atoms with Gasteiger partial charge in [0.25, 0.3) is 11.9 Å². The number of methoxy groups -OCH3 is 1. The first-order valence-electron chi connectivity index (χ1n) is 7.99. The summed E-state index contributed by atoms with van der Waals surface area (Å²) in [6.45, 7) is -0.00234. The normalized spacial score (nSPS) is 20.7. The van der Waals surface area contributed by atoms with E-state index in [-0.39, 0.29) is 17.3 Å². The minimum absolute atomic E-state index is 0.0449. The number of amidine groups is 1. The zero-order chi connectivity index (χ0) is 20.5. The molecule has 0 radical (unpaired) electrons. The van der Waals surface area contributed by atoms with Gasteiger partial charge in [-0.15, -0.1) is 0 Å². The van der Waals surface area contributed by atoms with E-state index in [1.807, 2.05) is 0 Å². The molecule has 1 aliphatic heterocycles. The van der Waals surface area contributed by atoms with Gasteiger partial charge in [-0.3, -0.25) is 4.79 Å². The molecular formula is C17H16F3N5O3. The molecule has 3 rings (SSSR count). The van der Waals surface area contributed by atoms with E-state index in [2.05, 4.69) is 25.0 Å². The number of rotatable bonds is 4. The molecule has 2 heterocycles. The average molecular weight is 395 g/mol. The molecule has 28 heavy (non-hydrogen) atoms. The molecule has 3 N–H and O–H groups in total. The number of alkyl halides is 2. The summed E-state index contributed by atoms with van der Waals surface area (Å²) in [5.41, 5.74) is 2.69. The van der Waals surface area contributed by atoms with Gasteiger partial charge in [0.1, 0.15) is 11.5 Å². The van der Waals surface area contributed by atoms with E-state index in [1.165, 1.54) is 25.6 Å². The first-order chi connectivity index (χ1) is 13.2. The van der Waals surface area contributed by atoms with Gasteiger partial charge in [0.05, 0.1) is 19.5 Å². The molecule has 1 atom stereocenters. The Hall–Kier alpha value is -3.37. The van der Waals surface area contributed by atoms with Crippen molar-refractivity contribution in [3.63, 3.8) is 0 Å². The second-order valence-electron chi connectivity index (χ2n) is 6.11. The van der Waals surface area contributed by atoms with E-state index in [0.717, 1.165) is 19.1 Å². The van der Waals surface area contributed by atoms with Gasteiger partial charge in [0.2, 0.25) is 5.88 Å². The Labute approximate surface area is 157 Å². The molecule has 0 fully saturated rings. The fourth-order valence-electron chi connectivity index (χ4n) is 2.61. The van der Waals surface area contributed by atoms with Crippen molar-refractivity contribution >= 4 is 17.6 Å². The summed E-state index contributed by atoms with van der Waals surface area (Å²) >= 11 is 0. The standard InChI is InChI=1S/C17H16F3N5O3/c1-16(17(19,20)8-28-15(21)25-16)10-5-9(3-4-11(10)18)24-14(26)12-6-23-13(27-2)7-22-12/h3-7H,8H2,1-2H3,(H2,21,25)(H,24,26)/t16-/m1/s1. The number of halogens is 3. The average Bonchev–Trinajstić information content (AvgIpc) is 2.66. The summed E-state index contributed by atoms with van der Waals surface area (Å²) in [7, 11) is 1.39. The van der Waals surface area contributed by atoms with Crippen molar-refractivity contribution in [1.29, 1.82) is 0 Å². The maximum atomic E-state index is 14.5. The number of anilines is 1. The van der Waals surface area contributed by atoms with Crippen LogP contribution in [-0.2, 0) is 10.3 Å². The van der Waals surface area contributed by atoms with Crippen LogP contribution in [0, 0.1) is 5.82 Å². The number of hydrogen-bond donors (Lipinski definition) is 2. The van der Waals surface area contributed by atoms with E-state index in [0.29, 0.717) is 0 Å². The number of hydrogen-bond acceptors (Lipinski definition) is 7. The van der Waals surface area contributed by atoms with Gasteiger partial charge < -0.3 is 20.5 Å². The predicted molar refractivity (Wildman–Crippen MR) is 92.8 cm³/mol. The second-order valence-corrected chi connectivity index (χ2v) is 6.11. The SMILES string of the molecule is COc1cnc(C(=O)Nc2ccc(F)c([C@@]3(C)N=C(N)OCC3(F)F)c2)cn1. The smallest absolute Gasteiger partial charge is 0.310 e. The van der Waals surface area contributed by atoms with Crippen molar-refractivity contribution in [2.75, 3.05) is 19.0 Å². The van der Waals surface area contributed by atoms with Gasteiger partial charge in [-0.1, -0.05) is 0 Å². The van der Waals surface area contributed by atoms with Crippen LogP contribution in [0.5, 0.6) is 5.88 Å². The number of benzene rings is 1. The van der Waals surface area contributed by atoms with Crippen LogP contribution in [0.4, 0.5) is 18.9 Å². The fourth-order valence-corrected chi connectivity index (χ4v) is 2.61. The molecule has 1 aromatic carbocycles. The third kappa shape index (κ3) is 3.42. The minimum Gasteiger partial charge on any atom is -0.480 e. The summed E-state index contributed by atoms with van der Waals surface area (Å²) in [4.78, 5) is 23.6. The Bertz CT molecular complexity index is 936. The molecule has 0 saturated heterocycles. The zero-order valence-electron chi connectivity index (χ0n) is 14.9. The number of aromatic nitrogens is 2. The molecular weight excluding hydrogens is 379 g/mol. The zero-order valence-corrected chi connectivity index (χ0v) is 14.9. The number of nitrogens with zero attached hydrogens (tertiary/aromatic N) is 3. The van der Waals surface area contributed by atoms with Gasteiger partial charge in [-0.25, -0.2) is 19.4 Å². The fraction of sp³-hybridized carbons (Fsp3) is 0.294. The van der Waals surface area contributed by atoms with Gasteiger partial charge in [0, 0.05) is 11.3 Å². The van der Waals surface area contributed by atoms with E-state index in [9.17, 15) is 18.0 Å². The number of nitrogens with two attached hydrogens (primary N) is 1. The lowest BCUT2D eigenvalue weighted by molar-refractivity contribution is -0.117. The number of carbonyl (C=O) groups excluding carboxylic acids is 1. The molecule has 2 aromatic rings. The molecule has 0 saturated carbocycles. The largest absolute Gasteiger partial charge is 0.480 e. The Morgan fingerprint density at radius 3 is 2.71 bits per heavy atom. The van der Waals surface area contributed by atoms with Crippen LogP contribution in [0.3, 0.4) is 0 Å². The Morgan fingerprint density at radius 1 is 1.32 bits per heavy atom. The van der Waals surface area contributed by atoms with Crippen molar-refractivity contribution < 1.29 is 27.4 Å². The van der Waals surface area contributed by atoms with Crippen molar-refractivity contribution in [1.82, 2.24) is 9.97 Å². The topological polar surface area (TPSA) is 112 Å². The van der Waals surface area contributed by atoms with Gasteiger partial charge in [-0.2, -0.15) is 8.78 Å². The number of carbonyl (C=O) groups is 1. The summed E-state index contributed by atoms with van der Waals surface area (Å²) in [6.07, 6.45) is 2.42. The van der Waals surface area contributed by atoms with Crippen molar-refractivity contribution in [2.24, 2.45) is 10.7 Å². The van der Waals surface area contributed by atoms with Crippen LogP contribution < -0.4 is 15.8 Å². The highest BCUT2D eigenvalue weighted by molar-refractivity contribution is 6.02. The molecule has 0 bridgehead atoms. The van der Waals surface area contributed by atoms with Gasteiger partial charge in [-0.05, 0) is 25.1 Å². The lowest BCUT2D eigenvalue weighted by Gasteiger charge is -2.37. The summed E-state index contributed by atoms with van der Waals surface area (Å²) in [5.74, 6) is -4.91. The molecule has 1 aliphatic rings. The van der Waals surface area contributed by atoms with Crippen molar-refractivity contribution in [3.05, 3.63) is 47.7 Å². The van der Waals surface area contributed by atoms with Gasteiger partial charge >= 0.3 is 5.92 Å². The molecule has 148 valence electrons. The quantitative estimate of drug-likeness (QED) is 0.820.